The number of aryl methyl sites for hydroxylation is 1. The van der Waals surface area contributed by atoms with E-state index in [-0.39, 0.29) is 18.4 Å². The minimum atomic E-state index is -0.228. The van der Waals surface area contributed by atoms with E-state index >= 15 is 0 Å². The molecule has 23 heavy (non-hydrogen) atoms. The van der Waals surface area contributed by atoms with Crippen molar-refractivity contribution in [1.82, 2.24) is 10.2 Å². The number of likely N-dealkylation sites (N-methyl/N-ethyl adjacent to an activating group) is 1. The normalized spacial score (nSPS) is 10.2. The van der Waals surface area contributed by atoms with Crippen molar-refractivity contribution in [3.63, 3.8) is 0 Å². The number of hydrogen-bond donors (Lipinski definition) is 1. The summed E-state index contributed by atoms with van der Waals surface area (Å²) in [7, 11) is 0. The number of amides is 2. The number of hydrogen-bond acceptors (Lipinski definition) is 2. The van der Waals surface area contributed by atoms with Gasteiger partial charge in [0.2, 0.25) is 5.91 Å². The molecule has 0 saturated carbocycles. The van der Waals surface area contributed by atoms with Gasteiger partial charge >= 0.3 is 0 Å². The second-order valence-electron chi connectivity index (χ2n) is 5.44. The van der Waals surface area contributed by atoms with E-state index in [1.165, 1.54) is 0 Å². The zero-order valence-corrected chi connectivity index (χ0v) is 13.6. The molecule has 0 bridgehead atoms. The Morgan fingerprint density at radius 2 is 1.65 bits per heavy atom. The Bertz CT molecular complexity index is 651. The Hall–Kier alpha value is -2.62. The molecule has 120 valence electrons. The predicted molar refractivity (Wildman–Crippen MR) is 91.0 cm³/mol. The summed E-state index contributed by atoms with van der Waals surface area (Å²) in [5.74, 6) is -0.314. The lowest BCUT2D eigenvalue weighted by atomic mass is 10.1. The van der Waals surface area contributed by atoms with Gasteiger partial charge in [-0.2, -0.15) is 0 Å². The van der Waals surface area contributed by atoms with Crippen LogP contribution in [0.1, 0.15) is 28.4 Å². The first kappa shape index (κ1) is 16.7. The molecule has 0 aliphatic heterocycles. The Morgan fingerprint density at radius 1 is 1.00 bits per heavy atom. The Kier molecular flexibility index (Phi) is 5.92. The van der Waals surface area contributed by atoms with E-state index in [0.717, 1.165) is 11.1 Å². The Balaban J connectivity index is 1.89. The second-order valence-corrected chi connectivity index (χ2v) is 5.44. The SMILES string of the molecule is CCN(Cc1ccccc1)C(=O)CNC(=O)c1ccc(C)cc1. The van der Waals surface area contributed by atoms with E-state index in [1.54, 1.807) is 17.0 Å². The highest BCUT2D eigenvalue weighted by Gasteiger charge is 2.14. The molecule has 0 aliphatic carbocycles. The van der Waals surface area contributed by atoms with E-state index in [0.29, 0.717) is 18.7 Å². The fraction of sp³-hybridized carbons (Fsp3) is 0.263. The van der Waals surface area contributed by atoms with Gasteiger partial charge in [-0.25, -0.2) is 0 Å². The fourth-order valence-electron chi connectivity index (χ4n) is 2.25. The van der Waals surface area contributed by atoms with E-state index < -0.39 is 0 Å². The number of nitrogens with zero attached hydrogens (tertiary/aromatic N) is 1. The molecule has 1 N–H and O–H groups in total. The predicted octanol–water partition coefficient (Wildman–Crippen LogP) is 2.77. The van der Waals surface area contributed by atoms with Gasteiger partial charge in [0.1, 0.15) is 0 Å². The molecular formula is C19H22N2O2. The molecule has 0 heterocycles. The first-order valence-electron chi connectivity index (χ1n) is 7.76. The van der Waals surface area contributed by atoms with Crippen LogP contribution < -0.4 is 5.32 Å². The lowest BCUT2D eigenvalue weighted by Gasteiger charge is -2.21. The van der Waals surface area contributed by atoms with Crippen LogP contribution in [0.15, 0.2) is 54.6 Å². The molecular weight excluding hydrogens is 288 g/mol. The van der Waals surface area contributed by atoms with Crippen LogP contribution in [0.5, 0.6) is 0 Å². The number of rotatable bonds is 6. The third-order valence-corrected chi connectivity index (χ3v) is 3.66. The standard InChI is InChI=1S/C19H22N2O2/c1-3-21(14-16-7-5-4-6-8-16)18(22)13-20-19(23)17-11-9-15(2)10-12-17/h4-12H,3,13-14H2,1-2H3,(H,20,23). The lowest BCUT2D eigenvalue weighted by molar-refractivity contribution is -0.130. The topological polar surface area (TPSA) is 49.4 Å². The van der Waals surface area contributed by atoms with Crippen LogP contribution in [0.25, 0.3) is 0 Å². The highest BCUT2D eigenvalue weighted by atomic mass is 16.2. The average Bonchev–Trinajstić information content (AvgIpc) is 2.58. The summed E-state index contributed by atoms with van der Waals surface area (Å²) in [6.07, 6.45) is 0. The third kappa shape index (κ3) is 4.95. The molecule has 0 aromatic heterocycles. The van der Waals surface area contributed by atoms with Crippen LogP contribution >= 0.6 is 0 Å². The molecule has 0 atom stereocenters. The summed E-state index contributed by atoms with van der Waals surface area (Å²) in [4.78, 5) is 26.1. The van der Waals surface area contributed by atoms with Gasteiger partial charge in [0.05, 0.1) is 6.54 Å². The van der Waals surface area contributed by atoms with Crippen molar-refractivity contribution < 1.29 is 9.59 Å². The maximum absolute atomic E-state index is 12.3. The van der Waals surface area contributed by atoms with Crippen LogP contribution in [0.2, 0.25) is 0 Å². The molecule has 0 aliphatic rings. The first-order chi connectivity index (χ1) is 11.1. The average molecular weight is 310 g/mol. The van der Waals surface area contributed by atoms with Crippen molar-refractivity contribution in [3.05, 3.63) is 71.3 Å². The smallest absolute Gasteiger partial charge is 0.251 e. The van der Waals surface area contributed by atoms with Crippen molar-refractivity contribution in [2.45, 2.75) is 20.4 Å². The van der Waals surface area contributed by atoms with Gasteiger partial charge in [-0.15, -0.1) is 0 Å². The maximum atomic E-state index is 12.3. The number of nitrogens with one attached hydrogen (secondary N) is 1. The van der Waals surface area contributed by atoms with Crippen LogP contribution in [-0.2, 0) is 11.3 Å². The summed E-state index contributed by atoms with van der Waals surface area (Å²) < 4.78 is 0. The second kappa shape index (κ2) is 8.13. The van der Waals surface area contributed by atoms with E-state index in [1.807, 2.05) is 56.3 Å². The van der Waals surface area contributed by atoms with Crippen LogP contribution in [-0.4, -0.2) is 29.8 Å². The first-order valence-corrected chi connectivity index (χ1v) is 7.76. The van der Waals surface area contributed by atoms with Gasteiger partial charge in [0.25, 0.3) is 5.91 Å². The van der Waals surface area contributed by atoms with E-state index in [2.05, 4.69) is 5.32 Å². The largest absolute Gasteiger partial charge is 0.343 e. The van der Waals surface area contributed by atoms with Crippen LogP contribution in [0.3, 0.4) is 0 Å². The van der Waals surface area contributed by atoms with Crippen molar-refractivity contribution in [3.8, 4) is 0 Å². The van der Waals surface area contributed by atoms with Gasteiger partial charge in [-0.3, -0.25) is 9.59 Å². The van der Waals surface area contributed by atoms with Crippen molar-refractivity contribution in [1.29, 1.82) is 0 Å². The van der Waals surface area contributed by atoms with Crippen molar-refractivity contribution >= 4 is 11.8 Å². The van der Waals surface area contributed by atoms with Gasteiger partial charge < -0.3 is 10.2 Å². The summed E-state index contributed by atoms with van der Waals surface area (Å²) in [6, 6.07) is 17.1. The van der Waals surface area contributed by atoms with Gasteiger partial charge in [0.15, 0.2) is 0 Å². The summed E-state index contributed by atoms with van der Waals surface area (Å²) >= 11 is 0. The van der Waals surface area contributed by atoms with Gasteiger partial charge in [0, 0.05) is 18.7 Å². The van der Waals surface area contributed by atoms with Gasteiger partial charge in [-0.1, -0.05) is 48.0 Å². The molecule has 2 aromatic rings. The maximum Gasteiger partial charge on any atom is 0.251 e. The molecule has 0 unspecified atom stereocenters. The zero-order chi connectivity index (χ0) is 16.7. The zero-order valence-electron chi connectivity index (χ0n) is 13.6. The molecule has 0 spiro atoms. The summed E-state index contributed by atoms with van der Waals surface area (Å²) in [6.45, 7) is 5.06. The summed E-state index contributed by atoms with van der Waals surface area (Å²) in [5, 5.41) is 2.69. The Morgan fingerprint density at radius 3 is 2.26 bits per heavy atom. The highest BCUT2D eigenvalue weighted by Crippen LogP contribution is 2.05. The fourth-order valence-corrected chi connectivity index (χ4v) is 2.25. The quantitative estimate of drug-likeness (QED) is 0.892. The third-order valence-electron chi connectivity index (χ3n) is 3.66. The lowest BCUT2D eigenvalue weighted by Crippen LogP contribution is -2.39. The molecule has 4 heteroatoms. The number of benzene rings is 2. The van der Waals surface area contributed by atoms with Crippen molar-refractivity contribution in [2.75, 3.05) is 13.1 Å². The molecule has 2 amide bonds. The van der Waals surface area contributed by atoms with Crippen LogP contribution in [0.4, 0.5) is 0 Å². The summed E-state index contributed by atoms with van der Waals surface area (Å²) in [5.41, 5.74) is 2.74. The molecule has 2 rings (SSSR count). The minimum absolute atomic E-state index is 0.00732. The molecule has 0 saturated heterocycles. The Labute approximate surface area is 137 Å². The number of carbonyl (C=O) groups excluding carboxylic acids is 2. The van der Waals surface area contributed by atoms with Gasteiger partial charge in [-0.05, 0) is 31.5 Å². The van der Waals surface area contributed by atoms with E-state index in [9.17, 15) is 9.59 Å². The molecule has 0 fully saturated rings. The molecule has 4 nitrogen and oxygen atoms in total. The minimum Gasteiger partial charge on any atom is -0.343 e. The molecule has 2 aromatic carbocycles. The van der Waals surface area contributed by atoms with Crippen molar-refractivity contribution in [2.24, 2.45) is 0 Å². The monoisotopic (exact) mass is 310 g/mol. The van der Waals surface area contributed by atoms with E-state index in [4.69, 9.17) is 0 Å². The van der Waals surface area contributed by atoms with Crippen LogP contribution in [0, 0.1) is 6.92 Å². The molecule has 0 radical (unpaired) electrons. The highest BCUT2D eigenvalue weighted by molar-refractivity contribution is 5.96. The number of carbonyl (C=O) groups is 2.